The Bertz CT molecular complexity index is 1950. The van der Waals surface area contributed by atoms with E-state index >= 15 is 0 Å². The van der Waals surface area contributed by atoms with E-state index in [1.807, 2.05) is 66.5 Å². The molecule has 2 fully saturated rings. The molecular formula is C41H56N10O4. The third-order valence-corrected chi connectivity index (χ3v) is 10.6. The van der Waals surface area contributed by atoms with Crippen LogP contribution in [0.15, 0.2) is 71.8 Å². The third-order valence-electron chi connectivity index (χ3n) is 10.6. The number of nitrogens with one attached hydrogen (secondary N) is 2. The predicted molar refractivity (Wildman–Crippen MR) is 213 cm³/mol. The first-order valence-electron chi connectivity index (χ1n) is 19.9. The Balaban J connectivity index is 0.980. The molecule has 14 heteroatoms. The smallest absolute Gasteiger partial charge is 0.320 e. The molecule has 14 nitrogen and oxygen atoms in total. The van der Waals surface area contributed by atoms with Crippen LogP contribution >= 0.6 is 0 Å². The average molecular weight is 753 g/mol. The van der Waals surface area contributed by atoms with Crippen LogP contribution in [-0.2, 0) is 16.0 Å². The van der Waals surface area contributed by atoms with Gasteiger partial charge in [0.1, 0.15) is 17.3 Å². The number of aliphatic imine (C=N–C) groups is 1. The number of hydrogen-bond acceptors (Lipinski definition) is 10. The number of carbonyl (C=O) groups is 1. The number of piperidine rings is 1. The summed E-state index contributed by atoms with van der Waals surface area (Å²) in [6.07, 6.45) is 16.4. The zero-order chi connectivity index (χ0) is 38.2. The molecule has 3 atom stereocenters. The van der Waals surface area contributed by atoms with E-state index < -0.39 is 0 Å². The van der Waals surface area contributed by atoms with Gasteiger partial charge in [-0.05, 0) is 81.0 Å². The maximum atomic E-state index is 13.6. The Morgan fingerprint density at radius 1 is 1.02 bits per heavy atom. The van der Waals surface area contributed by atoms with Gasteiger partial charge in [0.2, 0.25) is 5.95 Å². The maximum absolute atomic E-state index is 13.6. The van der Waals surface area contributed by atoms with E-state index in [9.17, 15) is 4.79 Å². The number of anilines is 1. The van der Waals surface area contributed by atoms with Crippen LogP contribution in [0.3, 0.4) is 0 Å². The first-order valence-corrected chi connectivity index (χ1v) is 19.9. The number of aromatic nitrogens is 5. The number of pyridine rings is 1. The Morgan fingerprint density at radius 2 is 1.85 bits per heavy atom. The molecule has 3 unspecified atom stereocenters. The van der Waals surface area contributed by atoms with Crippen molar-refractivity contribution in [2.24, 2.45) is 16.1 Å². The molecule has 2 amide bonds. The average Bonchev–Trinajstić information content (AvgIpc) is 3.83. The minimum Gasteiger partial charge on any atom is -0.491 e. The predicted octanol–water partition coefficient (Wildman–Crippen LogP) is 6.77. The van der Waals surface area contributed by atoms with Gasteiger partial charge in [-0.1, -0.05) is 45.0 Å². The van der Waals surface area contributed by atoms with Crippen LogP contribution in [0.4, 0.5) is 16.4 Å². The second-order valence-corrected chi connectivity index (χ2v) is 15.8. The van der Waals surface area contributed by atoms with Gasteiger partial charge in [0.25, 0.3) is 0 Å². The molecule has 1 aromatic carbocycles. The van der Waals surface area contributed by atoms with Crippen LogP contribution in [0.25, 0.3) is 5.65 Å². The summed E-state index contributed by atoms with van der Waals surface area (Å²) >= 11 is 0. The highest BCUT2D eigenvalue weighted by Crippen LogP contribution is 2.38. The minimum atomic E-state index is -0.354. The van der Waals surface area contributed by atoms with Gasteiger partial charge in [-0.25, -0.2) is 9.79 Å². The first kappa shape index (κ1) is 38.3. The van der Waals surface area contributed by atoms with Gasteiger partial charge in [-0.2, -0.15) is 5.10 Å². The monoisotopic (exact) mass is 752 g/mol. The summed E-state index contributed by atoms with van der Waals surface area (Å²) in [5, 5.41) is 19.5. The first-order chi connectivity index (χ1) is 26.7. The van der Waals surface area contributed by atoms with E-state index in [0.717, 1.165) is 81.1 Å². The number of allylic oxidation sites excluding steroid dienone is 1. The summed E-state index contributed by atoms with van der Waals surface area (Å²) in [6, 6.07) is 11.7. The Hall–Kier alpha value is -4.95. The van der Waals surface area contributed by atoms with Crippen molar-refractivity contribution >= 4 is 29.1 Å². The topological polar surface area (TPSA) is 158 Å². The highest BCUT2D eigenvalue weighted by Gasteiger charge is 2.29. The fourth-order valence-corrected chi connectivity index (χ4v) is 7.38. The van der Waals surface area contributed by atoms with Gasteiger partial charge >= 0.3 is 6.03 Å². The van der Waals surface area contributed by atoms with Crippen molar-refractivity contribution in [3.05, 3.63) is 77.9 Å². The second-order valence-electron chi connectivity index (χ2n) is 15.8. The molecule has 0 spiro atoms. The molecule has 3 aliphatic rings. The van der Waals surface area contributed by atoms with Crippen molar-refractivity contribution < 1.29 is 19.0 Å². The van der Waals surface area contributed by atoms with E-state index in [4.69, 9.17) is 24.9 Å². The molecule has 294 valence electrons. The molecule has 1 aliphatic carbocycles. The molecule has 4 N–H and O–H groups in total. The molecule has 2 saturated heterocycles. The van der Waals surface area contributed by atoms with E-state index in [0.29, 0.717) is 37.0 Å². The number of nitrogens with zero attached hydrogens (tertiary/aromatic N) is 7. The van der Waals surface area contributed by atoms with Crippen molar-refractivity contribution in [3.8, 4) is 5.75 Å². The molecule has 5 heterocycles. The molecule has 0 saturated carbocycles. The zero-order valence-corrected chi connectivity index (χ0v) is 32.5. The van der Waals surface area contributed by atoms with E-state index in [2.05, 4.69) is 43.0 Å². The number of fused-ring (bicyclic) bond motifs is 2. The number of ether oxygens (including phenoxy) is 3. The summed E-state index contributed by atoms with van der Waals surface area (Å²) in [5.74, 6) is 2.16. The summed E-state index contributed by atoms with van der Waals surface area (Å²) < 4.78 is 21.8. The number of amidine groups is 1. The van der Waals surface area contributed by atoms with Gasteiger partial charge in [0.15, 0.2) is 11.9 Å². The molecule has 2 aliphatic heterocycles. The van der Waals surface area contributed by atoms with Crippen molar-refractivity contribution in [1.82, 2.24) is 35.0 Å². The van der Waals surface area contributed by atoms with E-state index in [-0.39, 0.29) is 29.7 Å². The standard InChI is InChI=1S/C41H56N10O4/c1-41(2,3)35(42)24-36(44-30-25-43-50(26-30)21-11-23-54-38-14-7-10-22-53-38)46-39(52)45-34-17-15-29(32-12-5-6-13-33(32)34)28-55-31-16-18-37-47-48-40(51(37)27-31)49-19-8-4-9-20-49/h5-6,12-13,16,18,24-27,29,34,38H,4,7-11,14-15,17,19-23,28,42H2,1-3H3,(H2,44,45,46,52). The summed E-state index contributed by atoms with van der Waals surface area (Å²) in [4.78, 5) is 20.7. The maximum Gasteiger partial charge on any atom is 0.320 e. The quantitative estimate of drug-likeness (QED) is 0.0808. The highest BCUT2D eigenvalue weighted by molar-refractivity contribution is 6.05. The Morgan fingerprint density at radius 3 is 2.65 bits per heavy atom. The number of rotatable bonds is 12. The van der Waals surface area contributed by atoms with Gasteiger partial charge in [-0.15, -0.1) is 10.2 Å². The summed E-state index contributed by atoms with van der Waals surface area (Å²) in [7, 11) is 0. The number of nitrogens with two attached hydrogens (primary N) is 1. The third kappa shape index (κ3) is 10.0. The molecule has 0 radical (unpaired) electrons. The number of benzene rings is 1. The van der Waals surface area contributed by atoms with Gasteiger partial charge in [-0.3, -0.25) is 14.4 Å². The van der Waals surface area contributed by atoms with Gasteiger partial charge in [0, 0.05) is 49.3 Å². The Labute approximate surface area is 323 Å². The summed E-state index contributed by atoms with van der Waals surface area (Å²) in [5.41, 5.74) is 10.4. The van der Waals surface area contributed by atoms with Crippen LogP contribution in [0.1, 0.15) is 102 Å². The zero-order valence-electron chi connectivity index (χ0n) is 32.5. The SMILES string of the molecule is CC(C)(C)C(N)=CC(=Nc1cnn(CCCOC2CCCCO2)c1)NC(=O)NC1CCC(COc2ccc3nnc(N4CCCCC4)n3c2)c2ccccc21. The van der Waals surface area contributed by atoms with Crippen LogP contribution < -0.4 is 26.0 Å². The lowest BCUT2D eigenvalue weighted by atomic mass is 9.80. The fraction of sp³-hybridized carbons (Fsp3) is 0.537. The number of urea groups is 1. The Kier molecular flexibility index (Phi) is 12.3. The lowest BCUT2D eigenvalue weighted by Gasteiger charge is -2.32. The van der Waals surface area contributed by atoms with E-state index in [1.54, 1.807) is 12.3 Å². The van der Waals surface area contributed by atoms with Gasteiger partial charge < -0.3 is 30.2 Å². The molecular weight excluding hydrogens is 697 g/mol. The molecule has 4 aromatic rings. The molecule has 55 heavy (non-hydrogen) atoms. The van der Waals surface area contributed by atoms with E-state index in [1.165, 1.54) is 24.8 Å². The number of aryl methyl sites for hydroxylation is 1. The van der Waals surface area contributed by atoms with Crippen molar-refractivity contribution in [1.29, 1.82) is 0 Å². The van der Waals surface area contributed by atoms with Crippen LogP contribution in [0.2, 0.25) is 0 Å². The highest BCUT2D eigenvalue weighted by atomic mass is 16.7. The summed E-state index contributed by atoms with van der Waals surface area (Å²) in [6.45, 7) is 10.6. The van der Waals surface area contributed by atoms with Crippen LogP contribution in [0, 0.1) is 5.41 Å². The van der Waals surface area contributed by atoms with Crippen LogP contribution in [0.5, 0.6) is 5.75 Å². The number of amides is 2. The lowest BCUT2D eigenvalue weighted by Crippen LogP contribution is -2.42. The number of carbonyl (C=O) groups excluding carboxylic acids is 1. The normalized spacial score (nSPS) is 21.0. The van der Waals surface area contributed by atoms with Crippen LogP contribution in [-0.4, -0.2) is 75.4 Å². The van der Waals surface area contributed by atoms with Crippen molar-refractivity contribution in [2.45, 2.75) is 103 Å². The molecule has 3 aromatic heterocycles. The van der Waals surface area contributed by atoms with Crippen molar-refractivity contribution in [3.63, 3.8) is 0 Å². The molecule has 0 bridgehead atoms. The fourth-order valence-electron chi connectivity index (χ4n) is 7.38. The number of hydrogen-bond donors (Lipinski definition) is 3. The minimum absolute atomic E-state index is 0.102. The second kappa shape index (κ2) is 17.7. The lowest BCUT2D eigenvalue weighted by molar-refractivity contribution is -0.163. The molecule has 7 rings (SSSR count). The largest absolute Gasteiger partial charge is 0.491 e. The van der Waals surface area contributed by atoms with Gasteiger partial charge in [0.05, 0.1) is 37.8 Å². The van der Waals surface area contributed by atoms with Crippen molar-refractivity contribution in [2.75, 3.05) is 37.8 Å².